The van der Waals surface area contributed by atoms with E-state index in [4.69, 9.17) is 0 Å². The smallest absolute Gasteiger partial charge is 0.324 e. The molecule has 0 unspecified atom stereocenters. The summed E-state index contributed by atoms with van der Waals surface area (Å²) in [4.78, 5) is 32.5. The first kappa shape index (κ1) is 19.0. The van der Waals surface area contributed by atoms with E-state index in [0.29, 0.717) is 17.8 Å². The number of aryl methyl sites for hydroxylation is 2. The Bertz CT molecular complexity index is 1000. The van der Waals surface area contributed by atoms with Crippen LogP contribution < -0.4 is 16.0 Å². The van der Waals surface area contributed by atoms with E-state index in [0.717, 1.165) is 5.56 Å². The highest BCUT2D eigenvalue weighted by Gasteiger charge is 2.15. The molecule has 8 nitrogen and oxygen atoms in total. The zero-order valence-corrected chi connectivity index (χ0v) is 15.4. The first-order valence-electron chi connectivity index (χ1n) is 8.47. The highest BCUT2D eigenvalue weighted by molar-refractivity contribution is 5.99. The van der Waals surface area contributed by atoms with Crippen molar-refractivity contribution in [3.8, 4) is 0 Å². The van der Waals surface area contributed by atoms with Crippen LogP contribution >= 0.6 is 0 Å². The lowest BCUT2D eigenvalue weighted by atomic mass is 10.2. The Morgan fingerprint density at radius 1 is 1.21 bits per heavy atom. The van der Waals surface area contributed by atoms with Gasteiger partial charge in [0.15, 0.2) is 5.82 Å². The number of pyridine rings is 1. The number of hydrogen-bond donors (Lipinski definition) is 3. The van der Waals surface area contributed by atoms with E-state index in [2.05, 4.69) is 25.9 Å². The molecule has 0 saturated heterocycles. The van der Waals surface area contributed by atoms with Crippen LogP contribution in [0, 0.1) is 12.7 Å². The number of amides is 3. The lowest BCUT2D eigenvalue weighted by Gasteiger charge is -2.06. The van der Waals surface area contributed by atoms with Gasteiger partial charge in [-0.3, -0.25) is 15.1 Å². The lowest BCUT2D eigenvalue weighted by molar-refractivity contribution is 0.0937. The molecule has 3 N–H and O–H groups in total. The van der Waals surface area contributed by atoms with E-state index in [1.807, 2.05) is 6.07 Å². The van der Waals surface area contributed by atoms with Gasteiger partial charge < -0.3 is 15.2 Å². The normalized spacial score (nSPS) is 10.4. The number of urea groups is 1. The van der Waals surface area contributed by atoms with Crippen molar-refractivity contribution in [1.82, 2.24) is 19.9 Å². The van der Waals surface area contributed by atoms with Gasteiger partial charge in [-0.15, -0.1) is 0 Å². The first-order chi connectivity index (χ1) is 13.4. The molecule has 0 atom stereocenters. The van der Waals surface area contributed by atoms with E-state index < -0.39 is 11.8 Å². The maximum Gasteiger partial charge on any atom is 0.324 e. The molecule has 0 fully saturated rings. The Morgan fingerprint density at radius 3 is 2.75 bits per heavy atom. The van der Waals surface area contributed by atoms with E-state index >= 15 is 0 Å². The molecule has 0 aliphatic carbocycles. The number of carbonyl (C=O) groups excluding carboxylic acids is 2. The number of imidazole rings is 1. The first-order valence-corrected chi connectivity index (χ1v) is 8.47. The molecule has 0 aliphatic heterocycles. The van der Waals surface area contributed by atoms with Crippen molar-refractivity contribution in [2.75, 3.05) is 10.6 Å². The van der Waals surface area contributed by atoms with E-state index in [-0.39, 0.29) is 17.5 Å². The number of hydrogen-bond acceptors (Lipinski definition) is 4. The zero-order chi connectivity index (χ0) is 20.1. The summed E-state index contributed by atoms with van der Waals surface area (Å²) in [6, 6.07) is 7.41. The number of benzene rings is 1. The molecule has 0 saturated carbocycles. The van der Waals surface area contributed by atoms with E-state index in [1.54, 1.807) is 44.6 Å². The summed E-state index contributed by atoms with van der Waals surface area (Å²) >= 11 is 0. The van der Waals surface area contributed by atoms with Gasteiger partial charge >= 0.3 is 6.03 Å². The number of carbonyl (C=O) groups is 2. The predicted octanol–water partition coefficient (Wildman–Crippen LogP) is 2.84. The molecule has 0 aliphatic rings. The summed E-state index contributed by atoms with van der Waals surface area (Å²) < 4.78 is 15.1. The van der Waals surface area contributed by atoms with Crippen LogP contribution in [0.5, 0.6) is 0 Å². The van der Waals surface area contributed by atoms with Crippen molar-refractivity contribution in [2.24, 2.45) is 7.05 Å². The molecule has 0 spiro atoms. The van der Waals surface area contributed by atoms with E-state index in [1.165, 1.54) is 16.8 Å². The summed E-state index contributed by atoms with van der Waals surface area (Å²) in [6.45, 7) is 1.94. The largest absolute Gasteiger partial charge is 0.345 e. The number of nitrogens with one attached hydrogen (secondary N) is 3. The maximum absolute atomic E-state index is 13.6. The second-order valence-corrected chi connectivity index (χ2v) is 6.15. The Balaban J connectivity index is 1.60. The molecule has 3 rings (SSSR count). The topological polar surface area (TPSA) is 101 Å². The van der Waals surface area contributed by atoms with Crippen LogP contribution in [0.3, 0.4) is 0 Å². The van der Waals surface area contributed by atoms with Crippen molar-refractivity contribution in [3.05, 3.63) is 71.7 Å². The SMILES string of the molecule is Cc1ccc(NC(=O)Nc2cn(C)c(C(=O)NCc3cccnc3)n2)cc1F. The molecule has 144 valence electrons. The summed E-state index contributed by atoms with van der Waals surface area (Å²) in [6.07, 6.45) is 4.82. The number of nitrogens with zero attached hydrogens (tertiary/aromatic N) is 3. The van der Waals surface area contributed by atoms with E-state index in [9.17, 15) is 14.0 Å². The molecule has 28 heavy (non-hydrogen) atoms. The van der Waals surface area contributed by atoms with Gasteiger partial charge in [0.05, 0.1) is 0 Å². The Morgan fingerprint density at radius 2 is 2.04 bits per heavy atom. The van der Waals surface area contributed by atoms with Gasteiger partial charge in [0.1, 0.15) is 5.82 Å². The molecule has 1 aromatic carbocycles. The average Bonchev–Trinajstić information content (AvgIpc) is 3.03. The molecule has 3 aromatic rings. The Kier molecular flexibility index (Phi) is 5.64. The van der Waals surface area contributed by atoms with Crippen molar-refractivity contribution in [3.63, 3.8) is 0 Å². The monoisotopic (exact) mass is 382 g/mol. The fourth-order valence-electron chi connectivity index (χ4n) is 2.45. The molecular weight excluding hydrogens is 363 g/mol. The molecule has 0 bridgehead atoms. The van der Waals surface area contributed by atoms with Gasteiger partial charge in [0.25, 0.3) is 5.91 Å². The maximum atomic E-state index is 13.6. The van der Waals surface area contributed by atoms with Gasteiger partial charge in [0, 0.05) is 37.9 Å². The van der Waals surface area contributed by atoms with Crippen LogP contribution in [-0.4, -0.2) is 26.5 Å². The third-order valence-electron chi connectivity index (χ3n) is 3.93. The summed E-state index contributed by atoms with van der Waals surface area (Å²) in [5.41, 5.74) is 1.65. The third-order valence-corrected chi connectivity index (χ3v) is 3.93. The molecule has 9 heteroatoms. The van der Waals surface area contributed by atoms with Crippen LogP contribution in [-0.2, 0) is 13.6 Å². The van der Waals surface area contributed by atoms with Crippen LogP contribution in [0.15, 0.2) is 48.9 Å². The Hall–Kier alpha value is -3.75. The minimum absolute atomic E-state index is 0.139. The third kappa shape index (κ3) is 4.70. The molecule has 0 radical (unpaired) electrons. The van der Waals surface area contributed by atoms with Crippen LogP contribution in [0.25, 0.3) is 0 Å². The number of rotatable bonds is 5. The second-order valence-electron chi connectivity index (χ2n) is 6.15. The Labute approximate surface area is 160 Å². The van der Waals surface area contributed by atoms with Crippen LogP contribution in [0.2, 0.25) is 0 Å². The van der Waals surface area contributed by atoms with Crippen LogP contribution in [0.4, 0.5) is 20.7 Å². The number of anilines is 2. The molecule has 2 aromatic heterocycles. The summed E-state index contributed by atoms with van der Waals surface area (Å²) in [5.74, 6) is -0.469. The minimum atomic E-state index is -0.594. The quantitative estimate of drug-likeness (QED) is 0.632. The fraction of sp³-hybridized carbons (Fsp3) is 0.158. The molecule has 3 amide bonds. The van der Waals surface area contributed by atoms with Crippen molar-refractivity contribution in [1.29, 1.82) is 0 Å². The number of halogens is 1. The van der Waals surface area contributed by atoms with Crippen molar-refractivity contribution >= 4 is 23.4 Å². The zero-order valence-electron chi connectivity index (χ0n) is 15.4. The predicted molar refractivity (Wildman–Crippen MR) is 102 cm³/mol. The van der Waals surface area contributed by atoms with Gasteiger partial charge in [-0.25, -0.2) is 14.2 Å². The fourth-order valence-corrected chi connectivity index (χ4v) is 2.45. The van der Waals surface area contributed by atoms with Crippen molar-refractivity contribution in [2.45, 2.75) is 13.5 Å². The minimum Gasteiger partial charge on any atom is -0.345 e. The van der Waals surface area contributed by atoms with Crippen LogP contribution in [0.1, 0.15) is 21.7 Å². The van der Waals surface area contributed by atoms with Gasteiger partial charge in [-0.05, 0) is 36.2 Å². The van der Waals surface area contributed by atoms with Gasteiger partial charge in [-0.2, -0.15) is 0 Å². The van der Waals surface area contributed by atoms with Gasteiger partial charge in [0.2, 0.25) is 5.82 Å². The highest BCUT2D eigenvalue weighted by atomic mass is 19.1. The number of aromatic nitrogens is 3. The van der Waals surface area contributed by atoms with Gasteiger partial charge in [-0.1, -0.05) is 12.1 Å². The van der Waals surface area contributed by atoms with Crippen molar-refractivity contribution < 1.29 is 14.0 Å². The summed E-state index contributed by atoms with van der Waals surface area (Å²) in [7, 11) is 1.64. The molecular formula is C19H19FN6O2. The average molecular weight is 382 g/mol. The highest BCUT2D eigenvalue weighted by Crippen LogP contribution is 2.14. The lowest BCUT2D eigenvalue weighted by Crippen LogP contribution is -2.25. The summed E-state index contributed by atoms with van der Waals surface area (Å²) in [5, 5.41) is 7.78. The standard InChI is InChI=1S/C19H19FN6O2/c1-12-5-6-14(8-15(12)20)23-19(28)25-16-11-26(2)17(24-16)18(27)22-10-13-4-3-7-21-9-13/h3-9,11H,10H2,1-2H3,(H,22,27)(H2,23,25,28). The molecule has 2 heterocycles. The second kappa shape index (κ2) is 8.30.